The number of nitrogens with zero attached hydrogens (tertiary/aromatic N) is 1. The van der Waals surface area contributed by atoms with Crippen LogP contribution in [0.4, 0.5) is 0 Å². The molecular weight excluding hydrogens is 366 g/mol. The van der Waals surface area contributed by atoms with Crippen LogP contribution >= 0.6 is 0 Å². The standard InChI is InChI=1S/C20H19NO5S/c1-27(25,26)12-11-21-19(23)16-10-6-5-9-15(16)17(20(21)24)13-18(22)14-7-3-2-4-8-14/h2-10,17H,11-13H2,1H3. The summed E-state index contributed by atoms with van der Waals surface area (Å²) in [6.07, 6.45) is 0.971. The molecule has 0 bridgehead atoms. The Hall–Kier alpha value is -2.80. The maximum Gasteiger partial charge on any atom is 0.260 e. The quantitative estimate of drug-likeness (QED) is 0.561. The van der Waals surface area contributed by atoms with Crippen molar-refractivity contribution in [2.24, 2.45) is 0 Å². The molecule has 1 atom stereocenters. The molecular formula is C20H19NO5S. The first-order chi connectivity index (χ1) is 12.8. The van der Waals surface area contributed by atoms with Crippen molar-refractivity contribution in [3.63, 3.8) is 0 Å². The van der Waals surface area contributed by atoms with Gasteiger partial charge in [0.05, 0.1) is 11.7 Å². The number of ketones is 1. The molecule has 0 radical (unpaired) electrons. The maximum atomic E-state index is 12.9. The Labute approximate surface area is 157 Å². The van der Waals surface area contributed by atoms with E-state index in [1.54, 1.807) is 54.6 Å². The van der Waals surface area contributed by atoms with E-state index < -0.39 is 27.6 Å². The number of benzene rings is 2. The summed E-state index contributed by atoms with van der Waals surface area (Å²) in [7, 11) is -3.34. The predicted molar refractivity (Wildman–Crippen MR) is 100 cm³/mol. The number of carbonyl (C=O) groups is 3. The Bertz CT molecular complexity index is 998. The predicted octanol–water partition coefficient (Wildman–Crippen LogP) is 2.07. The number of fused-ring (bicyclic) bond motifs is 1. The second-order valence-electron chi connectivity index (χ2n) is 6.56. The van der Waals surface area contributed by atoms with Crippen molar-refractivity contribution in [1.29, 1.82) is 0 Å². The minimum atomic E-state index is -3.34. The Balaban J connectivity index is 1.94. The highest BCUT2D eigenvalue weighted by Crippen LogP contribution is 2.32. The van der Waals surface area contributed by atoms with Gasteiger partial charge in [-0.05, 0) is 11.6 Å². The summed E-state index contributed by atoms with van der Waals surface area (Å²) in [4.78, 5) is 39.2. The average molecular weight is 385 g/mol. The Morgan fingerprint density at radius 2 is 1.63 bits per heavy atom. The minimum Gasteiger partial charge on any atom is -0.294 e. The number of imide groups is 1. The molecule has 0 N–H and O–H groups in total. The summed E-state index contributed by atoms with van der Waals surface area (Å²) in [5.41, 5.74) is 1.33. The van der Waals surface area contributed by atoms with Gasteiger partial charge in [0, 0.05) is 30.3 Å². The van der Waals surface area contributed by atoms with E-state index in [2.05, 4.69) is 0 Å². The highest BCUT2D eigenvalue weighted by Gasteiger charge is 2.39. The second kappa shape index (κ2) is 7.44. The van der Waals surface area contributed by atoms with Gasteiger partial charge in [0.1, 0.15) is 9.84 Å². The van der Waals surface area contributed by atoms with Crippen molar-refractivity contribution in [3.05, 3.63) is 71.3 Å². The smallest absolute Gasteiger partial charge is 0.260 e. The molecule has 0 saturated heterocycles. The van der Waals surface area contributed by atoms with E-state index >= 15 is 0 Å². The fraction of sp³-hybridized carbons (Fsp3) is 0.250. The van der Waals surface area contributed by atoms with Gasteiger partial charge in [-0.3, -0.25) is 19.3 Å². The van der Waals surface area contributed by atoms with Crippen LogP contribution in [0, 0.1) is 0 Å². The molecule has 0 saturated carbocycles. The van der Waals surface area contributed by atoms with Crippen LogP contribution in [0.15, 0.2) is 54.6 Å². The number of hydrogen-bond acceptors (Lipinski definition) is 5. The molecule has 0 aromatic heterocycles. The third-order valence-electron chi connectivity index (χ3n) is 4.55. The molecule has 2 amide bonds. The molecule has 1 unspecified atom stereocenters. The number of rotatable bonds is 6. The van der Waals surface area contributed by atoms with Crippen LogP contribution in [0.3, 0.4) is 0 Å². The third-order valence-corrected chi connectivity index (χ3v) is 5.47. The lowest BCUT2D eigenvalue weighted by Crippen LogP contribution is -2.47. The van der Waals surface area contributed by atoms with Gasteiger partial charge in [0.2, 0.25) is 5.91 Å². The van der Waals surface area contributed by atoms with Crippen molar-refractivity contribution < 1.29 is 22.8 Å². The van der Waals surface area contributed by atoms with E-state index in [1.807, 2.05) is 0 Å². The second-order valence-corrected chi connectivity index (χ2v) is 8.82. The number of amides is 2. The molecule has 0 spiro atoms. The van der Waals surface area contributed by atoms with Gasteiger partial charge in [-0.25, -0.2) is 8.42 Å². The van der Waals surface area contributed by atoms with Crippen LogP contribution in [-0.2, 0) is 14.6 Å². The molecule has 6 nitrogen and oxygen atoms in total. The van der Waals surface area contributed by atoms with E-state index in [0.29, 0.717) is 16.7 Å². The van der Waals surface area contributed by atoms with Crippen molar-refractivity contribution in [2.45, 2.75) is 12.3 Å². The topological polar surface area (TPSA) is 88.6 Å². The molecule has 140 valence electrons. The van der Waals surface area contributed by atoms with Crippen LogP contribution in [0.5, 0.6) is 0 Å². The number of sulfone groups is 1. The van der Waals surface area contributed by atoms with Crippen molar-refractivity contribution >= 4 is 27.4 Å². The number of hydrogen-bond donors (Lipinski definition) is 0. The number of carbonyl (C=O) groups excluding carboxylic acids is 3. The lowest BCUT2D eigenvalue weighted by Gasteiger charge is -2.32. The highest BCUT2D eigenvalue weighted by atomic mass is 32.2. The third kappa shape index (κ3) is 4.14. The highest BCUT2D eigenvalue weighted by molar-refractivity contribution is 7.90. The number of Topliss-reactive ketones (excluding diaryl/α,β-unsaturated/α-hetero) is 1. The van der Waals surface area contributed by atoms with Crippen LogP contribution < -0.4 is 0 Å². The van der Waals surface area contributed by atoms with Gasteiger partial charge in [0.25, 0.3) is 5.91 Å². The van der Waals surface area contributed by atoms with Gasteiger partial charge in [-0.15, -0.1) is 0 Å². The van der Waals surface area contributed by atoms with E-state index in [4.69, 9.17) is 0 Å². The fourth-order valence-corrected chi connectivity index (χ4v) is 3.67. The molecule has 27 heavy (non-hydrogen) atoms. The molecule has 1 heterocycles. The lowest BCUT2D eigenvalue weighted by atomic mass is 9.84. The molecule has 1 aliphatic heterocycles. The SMILES string of the molecule is CS(=O)(=O)CCN1C(=O)c2ccccc2C(CC(=O)c2ccccc2)C1=O. The summed E-state index contributed by atoms with van der Waals surface area (Å²) in [5.74, 6) is -2.40. The van der Waals surface area contributed by atoms with Gasteiger partial charge < -0.3 is 0 Å². The lowest BCUT2D eigenvalue weighted by molar-refractivity contribution is -0.130. The zero-order valence-corrected chi connectivity index (χ0v) is 15.6. The van der Waals surface area contributed by atoms with Crippen LogP contribution in [0.2, 0.25) is 0 Å². The van der Waals surface area contributed by atoms with Crippen LogP contribution in [-0.4, -0.2) is 49.5 Å². The largest absolute Gasteiger partial charge is 0.294 e. The van der Waals surface area contributed by atoms with E-state index in [-0.39, 0.29) is 24.5 Å². The van der Waals surface area contributed by atoms with E-state index in [0.717, 1.165) is 11.2 Å². The molecule has 2 aromatic rings. The van der Waals surface area contributed by atoms with Gasteiger partial charge >= 0.3 is 0 Å². The summed E-state index contributed by atoms with van der Waals surface area (Å²) in [6.45, 7) is -0.221. The molecule has 0 aliphatic carbocycles. The Morgan fingerprint density at radius 3 is 2.30 bits per heavy atom. The molecule has 2 aromatic carbocycles. The minimum absolute atomic E-state index is 0.0808. The van der Waals surface area contributed by atoms with Crippen molar-refractivity contribution in [3.8, 4) is 0 Å². The van der Waals surface area contributed by atoms with Gasteiger partial charge in [-0.2, -0.15) is 0 Å². The Kier molecular flexibility index (Phi) is 5.23. The van der Waals surface area contributed by atoms with Crippen molar-refractivity contribution in [1.82, 2.24) is 4.90 Å². The molecule has 7 heteroatoms. The molecule has 1 aliphatic rings. The summed E-state index contributed by atoms with van der Waals surface area (Å²) >= 11 is 0. The molecule has 3 rings (SSSR count). The normalized spacial score (nSPS) is 16.9. The van der Waals surface area contributed by atoms with E-state index in [9.17, 15) is 22.8 Å². The monoisotopic (exact) mass is 385 g/mol. The molecule has 0 fully saturated rings. The summed E-state index contributed by atoms with van der Waals surface area (Å²) in [5, 5.41) is 0. The zero-order chi connectivity index (χ0) is 19.6. The van der Waals surface area contributed by atoms with E-state index in [1.165, 1.54) is 0 Å². The average Bonchev–Trinajstić information content (AvgIpc) is 2.64. The zero-order valence-electron chi connectivity index (χ0n) is 14.8. The summed E-state index contributed by atoms with van der Waals surface area (Å²) in [6, 6.07) is 15.3. The van der Waals surface area contributed by atoms with Gasteiger partial charge in [-0.1, -0.05) is 48.5 Å². The van der Waals surface area contributed by atoms with Crippen LogP contribution in [0.1, 0.15) is 38.6 Å². The van der Waals surface area contributed by atoms with Gasteiger partial charge in [0.15, 0.2) is 5.78 Å². The first kappa shape index (κ1) is 19.0. The Morgan fingerprint density at radius 1 is 1.00 bits per heavy atom. The summed E-state index contributed by atoms with van der Waals surface area (Å²) < 4.78 is 22.9. The first-order valence-corrected chi connectivity index (χ1v) is 10.5. The fourth-order valence-electron chi connectivity index (χ4n) is 3.16. The van der Waals surface area contributed by atoms with Crippen LogP contribution in [0.25, 0.3) is 0 Å². The maximum absolute atomic E-state index is 12.9. The van der Waals surface area contributed by atoms with Crippen molar-refractivity contribution in [2.75, 3.05) is 18.6 Å². The first-order valence-electron chi connectivity index (χ1n) is 8.48.